The Morgan fingerprint density at radius 3 is 2.57 bits per heavy atom. The van der Waals surface area contributed by atoms with Crippen molar-refractivity contribution in [1.82, 2.24) is 15.0 Å². The summed E-state index contributed by atoms with van der Waals surface area (Å²) in [5, 5.41) is 14.2. The summed E-state index contributed by atoms with van der Waals surface area (Å²) in [5.41, 5.74) is 0. The van der Waals surface area contributed by atoms with Crippen molar-refractivity contribution in [1.29, 1.82) is 0 Å². The third-order valence-corrected chi connectivity index (χ3v) is 5.10. The van der Waals surface area contributed by atoms with Crippen molar-refractivity contribution in [2.45, 2.75) is 76.5 Å². The van der Waals surface area contributed by atoms with Crippen molar-refractivity contribution in [3.63, 3.8) is 0 Å². The summed E-state index contributed by atoms with van der Waals surface area (Å²) in [4.78, 5) is 7.06. The Labute approximate surface area is 126 Å². The van der Waals surface area contributed by atoms with Crippen LogP contribution in [0.5, 0.6) is 0 Å². The smallest absolute Gasteiger partial charge is 0.229 e. The molecule has 3 rings (SSSR count). The van der Waals surface area contributed by atoms with Crippen LogP contribution < -0.4 is 0 Å². The van der Waals surface area contributed by atoms with E-state index >= 15 is 0 Å². The molecule has 0 spiro atoms. The van der Waals surface area contributed by atoms with Gasteiger partial charge in [0, 0.05) is 18.0 Å². The molecule has 0 aliphatic carbocycles. The molecular formula is C16H27N3O2. The highest BCUT2D eigenvalue weighted by molar-refractivity contribution is 5.05. The first-order valence-electron chi connectivity index (χ1n) is 8.25. The minimum absolute atomic E-state index is 0.382. The second-order valence-corrected chi connectivity index (χ2v) is 7.25. The van der Waals surface area contributed by atoms with Gasteiger partial charge in [-0.15, -0.1) is 0 Å². The molecule has 2 fully saturated rings. The lowest BCUT2D eigenvalue weighted by Crippen LogP contribution is -2.39. The second kappa shape index (κ2) is 6.05. The molecule has 3 atom stereocenters. The average Bonchev–Trinajstić information content (AvgIpc) is 2.91. The summed E-state index contributed by atoms with van der Waals surface area (Å²) in [6, 6.07) is 1.37. The molecule has 21 heavy (non-hydrogen) atoms. The quantitative estimate of drug-likeness (QED) is 0.903. The number of rotatable bonds is 5. The fraction of sp³-hybridized carbons (Fsp3) is 0.875. The zero-order valence-electron chi connectivity index (χ0n) is 13.3. The van der Waals surface area contributed by atoms with Gasteiger partial charge < -0.3 is 14.5 Å². The SMILES string of the molecule is CC(C)CC(O)Cc1nc(C2CC3CCC(C2)N3C)no1. The molecule has 5 heteroatoms. The van der Waals surface area contributed by atoms with E-state index in [9.17, 15) is 5.11 Å². The van der Waals surface area contributed by atoms with Gasteiger partial charge in [0.15, 0.2) is 5.82 Å². The maximum atomic E-state index is 9.99. The highest BCUT2D eigenvalue weighted by Crippen LogP contribution is 2.41. The van der Waals surface area contributed by atoms with E-state index in [0.717, 1.165) is 25.1 Å². The molecule has 2 saturated heterocycles. The molecule has 0 radical (unpaired) electrons. The van der Waals surface area contributed by atoms with Crippen LogP contribution in [-0.2, 0) is 6.42 Å². The van der Waals surface area contributed by atoms with E-state index in [1.54, 1.807) is 0 Å². The van der Waals surface area contributed by atoms with Crippen molar-refractivity contribution in [3.8, 4) is 0 Å². The molecule has 2 aliphatic heterocycles. The van der Waals surface area contributed by atoms with Gasteiger partial charge in [-0.3, -0.25) is 0 Å². The number of aromatic nitrogens is 2. The van der Waals surface area contributed by atoms with Crippen LogP contribution in [0.25, 0.3) is 0 Å². The average molecular weight is 293 g/mol. The highest BCUT2D eigenvalue weighted by atomic mass is 16.5. The number of nitrogens with zero attached hydrogens (tertiary/aromatic N) is 3. The van der Waals surface area contributed by atoms with E-state index in [2.05, 4.69) is 35.9 Å². The number of hydrogen-bond donors (Lipinski definition) is 1. The lowest BCUT2D eigenvalue weighted by atomic mass is 9.90. The molecule has 2 aliphatic rings. The number of fused-ring (bicyclic) bond motifs is 2. The monoisotopic (exact) mass is 293 g/mol. The van der Waals surface area contributed by atoms with Gasteiger partial charge in [-0.1, -0.05) is 19.0 Å². The van der Waals surface area contributed by atoms with Gasteiger partial charge in [0.05, 0.1) is 12.5 Å². The molecular weight excluding hydrogens is 266 g/mol. The zero-order chi connectivity index (χ0) is 15.0. The first kappa shape index (κ1) is 15.0. The second-order valence-electron chi connectivity index (χ2n) is 7.25. The molecule has 1 N–H and O–H groups in total. The summed E-state index contributed by atoms with van der Waals surface area (Å²) in [6.45, 7) is 4.22. The maximum absolute atomic E-state index is 9.99. The minimum atomic E-state index is -0.382. The van der Waals surface area contributed by atoms with Crippen molar-refractivity contribution in [2.75, 3.05) is 7.05 Å². The fourth-order valence-electron chi connectivity index (χ4n) is 3.97. The first-order chi connectivity index (χ1) is 10.0. The van der Waals surface area contributed by atoms with Crippen LogP contribution in [0.3, 0.4) is 0 Å². The van der Waals surface area contributed by atoms with Crippen LogP contribution in [0.2, 0.25) is 0 Å². The maximum Gasteiger partial charge on any atom is 0.229 e. The zero-order valence-corrected chi connectivity index (χ0v) is 13.3. The van der Waals surface area contributed by atoms with E-state index in [4.69, 9.17) is 4.52 Å². The Balaban J connectivity index is 1.60. The first-order valence-corrected chi connectivity index (χ1v) is 8.25. The van der Waals surface area contributed by atoms with E-state index < -0.39 is 0 Å². The molecule has 0 saturated carbocycles. The Kier molecular flexibility index (Phi) is 4.31. The standard InChI is InChI=1S/C16H27N3O2/c1-10(2)6-14(20)9-15-17-16(18-21-15)11-7-12-4-5-13(8-11)19(12)3/h10-14,20H,4-9H2,1-3H3. The molecule has 5 nitrogen and oxygen atoms in total. The lowest BCUT2D eigenvalue weighted by molar-refractivity contribution is 0.138. The van der Waals surface area contributed by atoms with Crippen LogP contribution in [0.15, 0.2) is 4.52 Å². The number of hydrogen-bond acceptors (Lipinski definition) is 5. The predicted molar refractivity (Wildman–Crippen MR) is 80.0 cm³/mol. The Bertz CT molecular complexity index is 460. The van der Waals surface area contributed by atoms with E-state index in [1.165, 1.54) is 12.8 Å². The van der Waals surface area contributed by atoms with Gasteiger partial charge >= 0.3 is 0 Å². The van der Waals surface area contributed by atoms with Crippen molar-refractivity contribution >= 4 is 0 Å². The fourth-order valence-corrected chi connectivity index (χ4v) is 3.97. The molecule has 3 heterocycles. The van der Waals surface area contributed by atoms with Gasteiger partial charge in [0.25, 0.3) is 0 Å². The predicted octanol–water partition coefficient (Wildman–Crippen LogP) is 2.36. The molecule has 1 aromatic heterocycles. The van der Waals surface area contributed by atoms with Crippen LogP contribution in [0.1, 0.15) is 63.6 Å². The number of aliphatic hydroxyl groups excluding tert-OH is 1. The molecule has 1 aromatic rings. The summed E-state index contributed by atoms with van der Waals surface area (Å²) in [6.07, 6.45) is 5.75. The van der Waals surface area contributed by atoms with Crippen LogP contribution in [-0.4, -0.2) is 45.4 Å². The summed E-state index contributed by atoms with van der Waals surface area (Å²) in [5.74, 6) is 2.35. The molecule has 0 amide bonds. The van der Waals surface area contributed by atoms with Crippen molar-refractivity contribution in [3.05, 3.63) is 11.7 Å². The number of aliphatic hydroxyl groups is 1. The van der Waals surface area contributed by atoms with Gasteiger partial charge in [-0.25, -0.2) is 0 Å². The third-order valence-electron chi connectivity index (χ3n) is 5.10. The van der Waals surface area contributed by atoms with Gasteiger partial charge in [-0.2, -0.15) is 4.98 Å². The Morgan fingerprint density at radius 1 is 1.29 bits per heavy atom. The highest BCUT2D eigenvalue weighted by Gasteiger charge is 2.40. The molecule has 0 aromatic carbocycles. The lowest BCUT2D eigenvalue weighted by Gasteiger charge is -2.34. The Morgan fingerprint density at radius 2 is 1.95 bits per heavy atom. The van der Waals surface area contributed by atoms with Gasteiger partial charge in [0.2, 0.25) is 5.89 Å². The van der Waals surface area contributed by atoms with E-state index in [0.29, 0.717) is 36.2 Å². The summed E-state index contributed by atoms with van der Waals surface area (Å²) < 4.78 is 5.35. The van der Waals surface area contributed by atoms with Crippen molar-refractivity contribution in [2.24, 2.45) is 5.92 Å². The Hall–Kier alpha value is -0.940. The summed E-state index contributed by atoms with van der Waals surface area (Å²) >= 11 is 0. The number of piperidine rings is 1. The van der Waals surface area contributed by atoms with E-state index in [1.807, 2.05) is 0 Å². The molecule has 3 unspecified atom stereocenters. The minimum Gasteiger partial charge on any atom is -0.393 e. The normalized spacial score (nSPS) is 31.0. The van der Waals surface area contributed by atoms with Gasteiger partial charge in [-0.05, 0) is 45.1 Å². The largest absolute Gasteiger partial charge is 0.393 e. The summed E-state index contributed by atoms with van der Waals surface area (Å²) in [7, 11) is 2.24. The van der Waals surface area contributed by atoms with Crippen LogP contribution >= 0.6 is 0 Å². The van der Waals surface area contributed by atoms with Crippen LogP contribution in [0, 0.1) is 5.92 Å². The van der Waals surface area contributed by atoms with Crippen LogP contribution in [0.4, 0.5) is 0 Å². The third kappa shape index (κ3) is 3.29. The molecule has 2 bridgehead atoms. The van der Waals surface area contributed by atoms with E-state index in [-0.39, 0.29) is 6.10 Å². The topological polar surface area (TPSA) is 62.4 Å². The van der Waals surface area contributed by atoms with Crippen molar-refractivity contribution < 1.29 is 9.63 Å². The molecule has 118 valence electrons. The van der Waals surface area contributed by atoms with Gasteiger partial charge in [0.1, 0.15) is 0 Å².